The maximum Gasteiger partial charge on any atom is 0.0953 e. The number of nitrogens with one attached hydrogen (secondary N) is 1. The quantitative estimate of drug-likeness (QED) is 0.534. The smallest absolute Gasteiger partial charge is 0.0953 e. The zero-order chi connectivity index (χ0) is 9.14. The van der Waals surface area contributed by atoms with Crippen molar-refractivity contribution in [3.05, 3.63) is 23.7 Å². The van der Waals surface area contributed by atoms with Crippen molar-refractivity contribution in [3.8, 4) is 0 Å². The molecule has 0 aliphatic carbocycles. The van der Waals surface area contributed by atoms with Gasteiger partial charge < -0.3 is 4.42 Å². The highest BCUT2D eigenvalue weighted by Crippen LogP contribution is 2.24. The van der Waals surface area contributed by atoms with Gasteiger partial charge in [0.15, 0.2) is 0 Å². The molecular weight excluding hydrogens is 152 g/mol. The number of furan rings is 1. The van der Waals surface area contributed by atoms with Crippen LogP contribution in [0, 0.1) is 12.8 Å². The zero-order valence-electron chi connectivity index (χ0n) is 7.79. The van der Waals surface area contributed by atoms with E-state index in [4.69, 9.17) is 10.3 Å². The van der Waals surface area contributed by atoms with E-state index in [-0.39, 0.29) is 6.04 Å². The zero-order valence-corrected chi connectivity index (χ0v) is 7.79. The van der Waals surface area contributed by atoms with E-state index in [9.17, 15) is 0 Å². The molecule has 0 spiro atoms. The molecule has 1 atom stereocenters. The maximum atomic E-state index is 5.44. The van der Waals surface area contributed by atoms with Crippen molar-refractivity contribution in [2.75, 3.05) is 0 Å². The normalized spacial score (nSPS) is 13.8. The Morgan fingerprint density at radius 3 is 2.42 bits per heavy atom. The largest absolute Gasteiger partial charge is 0.472 e. The second-order valence-corrected chi connectivity index (χ2v) is 3.40. The molecule has 3 N–H and O–H groups in total. The molecule has 0 radical (unpaired) electrons. The third-order valence-electron chi connectivity index (χ3n) is 2.08. The van der Waals surface area contributed by atoms with E-state index in [1.165, 1.54) is 0 Å². The van der Waals surface area contributed by atoms with Crippen molar-refractivity contribution < 1.29 is 4.42 Å². The summed E-state index contributed by atoms with van der Waals surface area (Å²) >= 11 is 0. The maximum absolute atomic E-state index is 5.44. The van der Waals surface area contributed by atoms with Gasteiger partial charge in [0.25, 0.3) is 0 Å². The summed E-state index contributed by atoms with van der Waals surface area (Å²) in [6.07, 6.45) is 3.49. The van der Waals surface area contributed by atoms with Crippen LogP contribution in [0.15, 0.2) is 16.9 Å². The summed E-state index contributed by atoms with van der Waals surface area (Å²) in [5, 5.41) is 0. The number of rotatable bonds is 3. The van der Waals surface area contributed by atoms with E-state index in [0.29, 0.717) is 5.92 Å². The second kappa shape index (κ2) is 3.74. The van der Waals surface area contributed by atoms with Crippen molar-refractivity contribution in [1.29, 1.82) is 0 Å². The minimum atomic E-state index is 0.184. The van der Waals surface area contributed by atoms with Crippen LogP contribution >= 0.6 is 0 Å². The lowest BCUT2D eigenvalue weighted by Crippen LogP contribution is -2.31. The highest BCUT2D eigenvalue weighted by Gasteiger charge is 2.17. The third-order valence-corrected chi connectivity index (χ3v) is 2.08. The van der Waals surface area contributed by atoms with Gasteiger partial charge in [0, 0.05) is 5.56 Å². The number of hydrazine groups is 1. The number of hydrogen-bond donors (Lipinski definition) is 2. The van der Waals surface area contributed by atoms with Crippen molar-refractivity contribution >= 4 is 0 Å². The summed E-state index contributed by atoms with van der Waals surface area (Å²) < 4.78 is 5.08. The first-order valence-electron chi connectivity index (χ1n) is 4.15. The lowest BCUT2D eigenvalue weighted by Gasteiger charge is -2.18. The molecule has 12 heavy (non-hydrogen) atoms. The highest BCUT2D eigenvalue weighted by atomic mass is 16.3. The Kier molecular flexibility index (Phi) is 2.89. The molecule has 0 aliphatic rings. The van der Waals surface area contributed by atoms with Crippen molar-refractivity contribution in [1.82, 2.24) is 5.43 Å². The molecule has 1 aromatic rings. The summed E-state index contributed by atoms with van der Waals surface area (Å²) in [5.74, 6) is 5.91. The summed E-state index contributed by atoms with van der Waals surface area (Å²) in [5.41, 5.74) is 5.08. The summed E-state index contributed by atoms with van der Waals surface area (Å²) in [6, 6.07) is 0.184. The lowest BCUT2D eigenvalue weighted by molar-refractivity contribution is 0.415. The fourth-order valence-electron chi connectivity index (χ4n) is 1.33. The fraction of sp³-hybridized carbons (Fsp3) is 0.556. The number of nitrogens with two attached hydrogens (primary N) is 1. The highest BCUT2D eigenvalue weighted by molar-refractivity contribution is 5.23. The average molecular weight is 168 g/mol. The van der Waals surface area contributed by atoms with Crippen LogP contribution in [0.4, 0.5) is 0 Å². The Balaban J connectivity index is 2.87. The molecule has 0 saturated carbocycles. The van der Waals surface area contributed by atoms with E-state index < -0.39 is 0 Å². The van der Waals surface area contributed by atoms with Crippen LogP contribution in [0.3, 0.4) is 0 Å². The van der Waals surface area contributed by atoms with E-state index in [1.54, 1.807) is 12.5 Å². The van der Waals surface area contributed by atoms with Gasteiger partial charge in [-0.25, -0.2) is 0 Å². The third kappa shape index (κ3) is 1.68. The Hall–Kier alpha value is -0.800. The molecule has 0 saturated heterocycles. The van der Waals surface area contributed by atoms with E-state index in [0.717, 1.165) is 11.1 Å². The fourth-order valence-corrected chi connectivity index (χ4v) is 1.33. The standard InChI is InChI=1S/C9H16N2O/c1-6(2)9(11-10)8-5-12-4-7(8)3/h4-6,9,11H,10H2,1-3H3. The first-order valence-corrected chi connectivity index (χ1v) is 4.15. The summed E-state index contributed by atoms with van der Waals surface area (Å²) in [6.45, 7) is 6.26. The second-order valence-electron chi connectivity index (χ2n) is 3.40. The van der Waals surface area contributed by atoms with Gasteiger partial charge in [-0.3, -0.25) is 11.3 Å². The topological polar surface area (TPSA) is 51.2 Å². The van der Waals surface area contributed by atoms with Gasteiger partial charge in [0.2, 0.25) is 0 Å². The van der Waals surface area contributed by atoms with Crippen molar-refractivity contribution in [2.24, 2.45) is 11.8 Å². The summed E-state index contributed by atoms with van der Waals surface area (Å²) in [7, 11) is 0. The molecule has 68 valence electrons. The van der Waals surface area contributed by atoms with Crippen LogP contribution in [-0.4, -0.2) is 0 Å². The summed E-state index contributed by atoms with van der Waals surface area (Å²) in [4.78, 5) is 0. The van der Waals surface area contributed by atoms with Gasteiger partial charge in [-0.15, -0.1) is 0 Å². The molecule has 0 aliphatic heterocycles. The first kappa shape index (κ1) is 9.29. The molecule has 0 bridgehead atoms. The first-order chi connectivity index (χ1) is 5.66. The van der Waals surface area contributed by atoms with Crippen LogP contribution in [0.5, 0.6) is 0 Å². The Morgan fingerprint density at radius 1 is 1.42 bits per heavy atom. The molecular formula is C9H16N2O. The van der Waals surface area contributed by atoms with Gasteiger partial charge in [-0.05, 0) is 18.4 Å². The van der Waals surface area contributed by atoms with Gasteiger partial charge >= 0.3 is 0 Å². The predicted octanol–water partition coefficient (Wildman–Crippen LogP) is 1.75. The molecule has 1 rings (SSSR count). The molecule has 0 amide bonds. The number of aryl methyl sites for hydroxylation is 1. The van der Waals surface area contributed by atoms with Crippen LogP contribution in [-0.2, 0) is 0 Å². The van der Waals surface area contributed by atoms with Gasteiger partial charge in [0.05, 0.1) is 18.6 Å². The lowest BCUT2D eigenvalue weighted by atomic mass is 9.97. The molecule has 1 aromatic heterocycles. The molecule has 3 heteroatoms. The molecule has 1 heterocycles. The molecule has 3 nitrogen and oxygen atoms in total. The van der Waals surface area contributed by atoms with Crippen LogP contribution in [0.25, 0.3) is 0 Å². The van der Waals surface area contributed by atoms with Crippen molar-refractivity contribution in [2.45, 2.75) is 26.8 Å². The Bertz CT molecular complexity index is 242. The van der Waals surface area contributed by atoms with Crippen molar-refractivity contribution in [3.63, 3.8) is 0 Å². The number of hydrogen-bond acceptors (Lipinski definition) is 3. The van der Waals surface area contributed by atoms with Gasteiger partial charge in [0.1, 0.15) is 0 Å². The van der Waals surface area contributed by atoms with Gasteiger partial charge in [-0.1, -0.05) is 13.8 Å². The molecule has 0 aromatic carbocycles. The van der Waals surface area contributed by atoms with Crippen LogP contribution in [0.2, 0.25) is 0 Å². The minimum Gasteiger partial charge on any atom is -0.472 e. The van der Waals surface area contributed by atoms with Gasteiger partial charge in [-0.2, -0.15) is 0 Å². The average Bonchev–Trinajstić information content (AvgIpc) is 2.38. The monoisotopic (exact) mass is 168 g/mol. The predicted molar refractivity (Wildman–Crippen MR) is 48.3 cm³/mol. The van der Waals surface area contributed by atoms with E-state index >= 15 is 0 Å². The Morgan fingerprint density at radius 2 is 2.08 bits per heavy atom. The molecule has 0 fully saturated rings. The van der Waals surface area contributed by atoms with Crippen LogP contribution in [0.1, 0.15) is 31.0 Å². The minimum absolute atomic E-state index is 0.184. The van der Waals surface area contributed by atoms with E-state index in [1.807, 2.05) is 6.92 Å². The van der Waals surface area contributed by atoms with Crippen LogP contribution < -0.4 is 11.3 Å². The SMILES string of the molecule is Cc1cocc1C(NN)C(C)C. The Labute approximate surface area is 72.9 Å². The molecule has 1 unspecified atom stereocenters. The van der Waals surface area contributed by atoms with E-state index in [2.05, 4.69) is 19.3 Å².